The lowest BCUT2D eigenvalue weighted by atomic mass is 9.91. The second-order valence-electron chi connectivity index (χ2n) is 7.81. The van der Waals surface area contributed by atoms with Gasteiger partial charge in [-0.15, -0.1) is 0 Å². The summed E-state index contributed by atoms with van der Waals surface area (Å²) in [6.07, 6.45) is 1.35. The monoisotopic (exact) mass is 240 g/mol. The van der Waals surface area contributed by atoms with Gasteiger partial charge in [-0.1, -0.05) is 41.5 Å². The number of likely N-dealkylation sites (tertiary alicyclic amines) is 1. The van der Waals surface area contributed by atoms with Crippen LogP contribution in [0.2, 0.25) is 0 Å². The number of hydrogen-bond donors (Lipinski definition) is 1. The van der Waals surface area contributed by atoms with Crippen LogP contribution in [0.1, 0.15) is 48.0 Å². The van der Waals surface area contributed by atoms with Crippen molar-refractivity contribution in [3.05, 3.63) is 0 Å². The lowest BCUT2D eigenvalue weighted by Gasteiger charge is -2.31. The Balaban J connectivity index is 2.29. The normalized spacial score (nSPS) is 21.4. The van der Waals surface area contributed by atoms with Crippen molar-refractivity contribution in [2.45, 2.75) is 48.0 Å². The van der Waals surface area contributed by atoms with E-state index < -0.39 is 0 Å². The quantitative estimate of drug-likeness (QED) is 0.768. The van der Waals surface area contributed by atoms with Crippen LogP contribution in [-0.4, -0.2) is 37.6 Å². The zero-order valence-electron chi connectivity index (χ0n) is 12.8. The van der Waals surface area contributed by atoms with Crippen molar-refractivity contribution in [1.82, 2.24) is 10.2 Å². The number of hydrogen-bond acceptors (Lipinski definition) is 2. The van der Waals surface area contributed by atoms with Gasteiger partial charge in [-0.3, -0.25) is 0 Å². The van der Waals surface area contributed by atoms with E-state index in [-0.39, 0.29) is 0 Å². The van der Waals surface area contributed by atoms with Gasteiger partial charge in [0.2, 0.25) is 0 Å². The van der Waals surface area contributed by atoms with E-state index in [4.69, 9.17) is 0 Å². The van der Waals surface area contributed by atoms with Crippen molar-refractivity contribution in [1.29, 1.82) is 0 Å². The van der Waals surface area contributed by atoms with Gasteiger partial charge >= 0.3 is 0 Å². The zero-order valence-corrected chi connectivity index (χ0v) is 12.8. The summed E-state index contributed by atoms with van der Waals surface area (Å²) >= 11 is 0. The van der Waals surface area contributed by atoms with Crippen molar-refractivity contribution in [3.63, 3.8) is 0 Å². The fraction of sp³-hybridized carbons (Fsp3) is 1.00. The third-order valence-electron chi connectivity index (χ3n) is 3.56. The maximum absolute atomic E-state index is 3.59. The fourth-order valence-corrected chi connectivity index (χ4v) is 2.72. The van der Waals surface area contributed by atoms with Crippen LogP contribution >= 0.6 is 0 Å². The minimum absolute atomic E-state index is 0.384. The lowest BCUT2D eigenvalue weighted by molar-refractivity contribution is 0.188. The zero-order chi connectivity index (χ0) is 13.1. The molecule has 0 aromatic heterocycles. The summed E-state index contributed by atoms with van der Waals surface area (Å²) in [7, 11) is 0. The molecule has 0 aromatic rings. The van der Waals surface area contributed by atoms with Crippen LogP contribution in [-0.2, 0) is 0 Å². The first-order valence-corrected chi connectivity index (χ1v) is 7.13. The van der Waals surface area contributed by atoms with Gasteiger partial charge in [0.25, 0.3) is 0 Å². The van der Waals surface area contributed by atoms with E-state index in [1.807, 2.05) is 0 Å². The molecule has 1 heterocycles. The van der Waals surface area contributed by atoms with E-state index in [9.17, 15) is 0 Å². The van der Waals surface area contributed by atoms with Gasteiger partial charge < -0.3 is 10.2 Å². The first-order chi connectivity index (χ1) is 7.70. The highest BCUT2D eigenvalue weighted by Crippen LogP contribution is 2.30. The first-order valence-electron chi connectivity index (χ1n) is 7.13. The van der Waals surface area contributed by atoms with Crippen molar-refractivity contribution in [2.75, 3.05) is 32.7 Å². The molecule has 0 bridgehead atoms. The van der Waals surface area contributed by atoms with Crippen molar-refractivity contribution >= 4 is 0 Å². The Bertz CT molecular complexity index is 231. The Hall–Kier alpha value is -0.0800. The van der Waals surface area contributed by atoms with Crippen LogP contribution in [0.15, 0.2) is 0 Å². The molecule has 1 N–H and O–H groups in total. The van der Waals surface area contributed by atoms with Gasteiger partial charge in [0.1, 0.15) is 0 Å². The van der Waals surface area contributed by atoms with E-state index >= 15 is 0 Å². The highest BCUT2D eigenvalue weighted by atomic mass is 15.2. The molecule has 1 aliphatic rings. The molecule has 2 nitrogen and oxygen atoms in total. The summed E-state index contributed by atoms with van der Waals surface area (Å²) in [5, 5.41) is 3.59. The molecule has 0 aliphatic carbocycles. The molecule has 102 valence electrons. The van der Waals surface area contributed by atoms with Gasteiger partial charge in [-0.25, -0.2) is 0 Å². The van der Waals surface area contributed by atoms with Crippen LogP contribution in [0.3, 0.4) is 0 Å². The predicted octanol–water partition coefficient (Wildman–Crippen LogP) is 2.99. The van der Waals surface area contributed by atoms with Gasteiger partial charge in [0.15, 0.2) is 0 Å². The van der Waals surface area contributed by atoms with Crippen LogP contribution in [0, 0.1) is 16.7 Å². The van der Waals surface area contributed by atoms with Crippen LogP contribution < -0.4 is 5.32 Å². The van der Waals surface area contributed by atoms with Crippen LogP contribution in [0.5, 0.6) is 0 Å². The third-order valence-corrected chi connectivity index (χ3v) is 3.56. The van der Waals surface area contributed by atoms with Gasteiger partial charge in [0.05, 0.1) is 0 Å². The molecule has 1 rings (SSSR count). The second-order valence-corrected chi connectivity index (χ2v) is 7.81. The Morgan fingerprint density at radius 2 is 1.94 bits per heavy atom. The molecule has 1 fully saturated rings. The average Bonchev–Trinajstić information content (AvgIpc) is 2.43. The lowest BCUT2D eigenvalue weighted by Crippen LogP contribution is -2.40. The molecule has 0 atom stereocenters. The Morgan fingerprint density at radius 3 is 2.41 bits per heavy atom. The maximum Gasteiger partial charge on any atom is 0.00451 e. The molecule has 1 saturated heterocycles. The highest BCUT2D eigenvalue weighted by molar-refractivity contribution is 4.86. The molecule has 0 unspecified atom stereocenters. The topological polar surface area (TPSA) is 15.3 Å². The molecule has 1 aliphatic heterocycles. The molecule has 0 saturated carbocycles. The van der Waals surface area contributed by atoms with Crippen LogP contribution in [0.4, 0.5) is 0 Å². The van der Waals surface area contributed by atoms with Gasteiger partial charge in [-0.2, -0.15) is 0 Å². The van der Waals surface area contributed by atoms with Crippen molar-refractivity contribution in [2.24, 2.45) is 16.7 Å². The summed E-state index contributed by atoms with van der Waals surface area (Å²) in [5.41, 5.74) is 0.913. The summed E-state index contributed by atoms with van der Waals surface area (Å²) in [4.78, 5) is 2.64. The molecule has 2 heteroatoms. The number of nitrogens with zero attached hydrogens (tertiary/aromatic N) is 1. The Kier molecular flexibility index (Phi) is 5.03. The SMILES string of the molecule is CC(C)CNCC(C)(C)CN1CCC(C)(C)C1. The third kappa shape index (κ3) is 5.87. The molecule has 17 heavy (non-hydrogen) atoms. The van der Waals surface area contributed by atoms with E-state index in [0.29, 0.717) is 10.8 Å². The largest absolute Gasteiger partial charge is 0.316 e. The molecular formula is C15H32N2. The first kappa shape index (κ1) is 15.0. The average molecular weight is 240 g/mol. The molecular weight excluding hydrogens is 208 g/mol. The van der Waals surface area contributed by atoms with Crippen molar-refractivity contribution < 1.29 is 0 Å². The molecule has 0 amide bonds. The van der Waals surface area contributed by atoms with E-state index in [0.717, 1.165) is 19.0 Å². The summed E-state index contributed by atoms with van der Waals surface area (Å²) in [6, 6.07) is 0. The second kappa shape index (κ2) is 5.71. The van der Waals surface area contributed by atoms with E-state index in [2.05, 4.69) is 51.8 Å². The number of nitrogens with one attached hydrogen (secondary N) is 1. The smallest absolute Gasteiger partial charge is 0.00451 e. The highest BCUT2D eigenvalue weighted by Gasteiger charge is 2.32. The standard InChI is InChI=1S/C15H32N2/c1-13(2)9-16-10-15(5,6)12-17-8-7-14(3,4)11-17/h13,16H,7-12H2,1-6H3. The minimum Gasteiger partial charge on any atom is -0.316 e. The van der Waals surface area contributed by atoms with E-state index in [1.165, 1.54) is 26.1 Å². The van der Waals surface area contributed by atoms with Crippen molar-refractivity contribution in [3.8, 4) is 0 Å². The van der Waals surface area contributed by atoms with Gasteiger partial charge in [0, 0.05) is 19.6 Å². The fourth-order valence-electron chi connectivity index (χ4n) is 2.72. The molecule has 0 aromatic carbocycles. The predicted molar refractivity (Wildman–Crippen MR) is 76.3 cm³/mol. The Morgan fingerprint density at radius 1 is 1.29 bits per heavy atom. The minimum atomic E-state index is 0.384. The summed E-state index contributed by atoms with van der Waals surface area (Å²) in [6.45, 7) is 20.1. The molecule has 0 radical (unpaired) electrons. The summed E-state index contributed by atoms with van der Waals surface area (Å²) in [5.74, 6) is 0.747. The summed E-state index contributed by atoms with van der Waals surface area (Å²) < 4.78 is 0. The maximum atomic E-state index is 3.59. The van der Waals surface area contributed by atoms with Gasteiger partial charge in [-0.05, 0) is 36.3 Å². The van der Waals surface area contributed by atoms with Crippen LogP contribution in [0.25, 0.3) is 0 Å². The van der Waals surface area contributed by atoms with E-state index in [1.54, 1.807) is 0 Å². The molecule has 0 spiro atoms. The number of rotatable bonds is 6. The Labute approximate surface area is 108 Å².